The Balaban J connectivity index is 1.60. The summed E-state index contributed by atoms with van der Waals surface area (Å²) >= 11 is 0. The van der Waals surface area contributed by atoms with Gasteiger partial charge in [-0.3, -0.25) is 4.79 Å². The fraction of sp³-hybridized carbons (Fsp3) is 0.682. The number of aryl methyl sites for hydroxylation is 1. The largest absolute Gasteiger partial charge is 0.349 e. The Morgan fingerprint density at radius 3 is 2.60 bits per heavy atom. The predicted molar refractivity (Wildman–Crippen MR) is 102 cm³/mol. The molecule has 1 unspecified atom stereocenters. The summed E-state index contributed by atoms with van der Waals surface area (Å²) in [6, 6.07) is 7.75. The number of nitrogens with zero attached hydrogens (tertiary/aromatic N) is 1. The highest BCUT2D eigenvalue weighted by Gasteiger charge is 2.49. The molecule has 3 heteroatoms. The minimum absolute atomic E-state index is 0.116. The van der Waals surface area contributed by atoms with E-state index >= 15 is 0 Å². The van der Waals surface area contributed by atoms with E-state index in [9.17, 15) is 4.79 Å². The number of hydrogen-bond donors (Lipinski definition) is 1. The van der Waals surface area contributed by atoms with Crippen LogP contribution in [-0.4, -0.2) is 29.9 Å². The number of benzene rings is 1. The van der Waals surface area contributed by atoms with Crippen LogP contribution in [0.3, 0.4) is 0 Å². The molecular weight excluding hydrogens is 308 g/mol. The van der Waals surface area contributed by atoms with Crippen LogP contribution in [0.1, 0.15) is 75.1 Å². The average Bonchev–Trinajstić information content (AvgIpc) is 3.23. The van der Waals surface area contributed by atoms with E-state index < -0.39 is 0 Å². The molecule has 1 heterocycles. The van der Waals surface area contributed by atoms with Crippen LogP contribution >= 0.6 is 0 Å². The lowest BCUT2D eigenvalue weighted by Crippen LogP contribution is -2.45. The Morgan fingerprint density at radius 1 is 1.24 bits per heavy atom. The van der Waals surface area contributed by atoms with Crippen LogP contribution in [0.25, 0.3) is 0 Å². The minimum Gasteiger partial charge on any atom is -0.349 e. The number of carbonyl (C=O) groups is 1. The summed E-state index contributed by atoms with van der Waals surface area (Å²) < 4.78 is 0. The van der Waals surface area contributed by atoms with Gasteiger partial charge in [0.1, 0.15) is 0 Å². The van der Waals surface area contributed by atoms with Gasteiger partial charge < -0.3 is 10.2 Å². The second-order valence-electron chi connectivity index (χ2n) is 8.49. The maximum absolute atomic E-state index is 12.0. The van der Waals surface area contributed by atoms with Crippen molar-refractivity contribution in [2.24, 2.45) is 5.41 Å². The fourth-order valence-corrected chi connectivity index (χ4v) is 5.83. The molecule has 1 N–H and O–H groups in total. The average molecular weight is 341 g/mol. The number of carbonyl (C=O) groups excluding carboxylic acids is 1. The molecule has 1 aliphatic heterocycles. The van der Waals surface area contributed by atoms with Crippen molar-refractivity contribution in [3.05, 3.63) is 34.9 Å². The third kappa shape index (κ3) is 3.01. The summed E-state index contributed by atoms with van der Waals surface area (Å²) in [6.45, 7) is 6.51. The molecular formula is C22H32N2O. The molecule has 0 aromatic heterocycles. The van der Waals surface area contributed by atoms with Gasteiger partial charge in [0.2, 0.25) is 5.91 Å². The topological polar surface area (TPSA) is 32.3 Å². The zero-order valence-corrected chi connectivity index (χ0v) is 15.8. The van der Waals surface area contributed by atoms with Crippen LogP contribution in [0.15, 0.2) is 18.2 Å². The molecule has 3 aliphatic rings. The van der Waals surface area contributed by atoms with E-state index in [2.05, 4.69) is 35.3 Å². The normalized spacial score (nSPS) is 32.1. The van der Waals surface area contributed by atoms with Crippen molar-refractivity contribution in [3.63, 3.8) is 0 Å². The summed E-state index contributed by atoms with van der Waals surface area (Å²) in [5, 5.41) is 3.37. The molecule has 1 atom stereocenters. The third-order valence-electron chi connectivity index (χ3n) is 7.07. The first-order chi connectivity index (χ1) is 12.1. The highest BCUT2D eigenvalue weighted by molar-refractivity contribution is 5.74. The number of likely N-dealkylation sites (tertiary alicyclic amines) is 1. The van der Waals surface area contributed by atoms with Gasteiger partial charge in [-0.1, -0.05) is 25.1 Å². The Kier molecular flexibility index (Phi) is 4.61. The van der Waals surface area contributed by atoms with Gasteiger partial charge in [0.25, 0.3) is 0 Å². The third-order valence-corrected chi connectivity index (χ3v) is 7.07. The van der Waals surface area contributed by atoms with E-state index in [-0.39, 0.29) is 17.4 Å². The van der Waals surface area contributed by atoms with Crippen LogP contribution in [0.5, 0.6) is 0 Å². The SMILES string of the molecule is CCc1cccc2c1C(NC(C)=O)C1(CCC(N3CCCC3)CC1)C2. The molecule has 0 radical (unpaired) electrons. The number of nitrogens with one attached hydrogen (secondary N) is 1. The van der Waals surface area contributed by atoms with Crippen molar-refractivity contribution in [1.29, 1.82) is 0 Å². The van der Waals surface area contributed by atoms with Gasteiger partial charge in [0.15, 0.2) is 0 Å². The first kappa shape index (κ1) is 17.1. The van der Waals surface area contributed by atoms with Crippen molar-refractivity contribution >= 4 is 5.91 Å². The number of hydrogen-bond acceptors (Lipinski definition) is 2. The van der Waals surface area contributed by atoms with Crippen molar-refractivity contribution in [1.82, 2.24) is 10.2 Å². The summed E-state index contributed by atoms with van der Waals surface area (Å²) in [6.07, 6.45) is 10.0. The lowest BCUT2D eigenvalue weighted by atomic mass is 9.67. The zero-order chi connectivity index (χ0) is 17.4. The molecule has 136 valence electrons. The van der Waals surface area contributed by atoms with Gasteiger partial charge >= 0.3 is 0 Å². The smallest absolute Gasteiger partial charge is 0.217 e. The van der Waals surface area contributed by atoms with E-state index in [1.54, 1.807) is 6.92 Å². The Hall–Kier alpha value is -1.35. The highest BCUT2D eigenvalue weighted by Crippen LogP contribution is 2.55. The summed E-state index contributed by atoms with van der Waals surface area (Å²) in [7, 11) is 0. The molecule has 1 aromatic rings. The molecule has 0 bridgehead atoms. The van der Waals surface area contributed by atoms with Gasteiger partial charge in [-0.15, -0.1) is 0 Å². The van der Waals surface area contributed by atoms with E-state index in [0.717, 1.165) is 18.9 Å². The molecule has 2 fully saturated rings. The second kappa shape index (κ2) is 6.75. The summed E-state index contributed by atoms with van der Waals surface area (Å²) in [5.74, 6) is 0.116. The van der Waals surface area contributed by atoms with Crippen molar-refractivity contribution in [3.8, 4) is 0 Å². The minimum atomic E-state index is 0.116. The van der Waals surface area contributed by atoms with Crippen molar-refractivity contribution in [2.45, 2.75) is 77.3 Å². The molecule has 1 aromatic carbocycles. The van der Waals surface area contributed by atoms with Gasteiger partial charge in [-0.05, 0) is 86.6 Å². The quantitative estimate of drug-likeness (QED) is 0.902. The van der Waals surface area contributed by atoms with Gasteiger partial charge in [-0.25, -0.2) is 0 Å². The number of fused-ring (bicyclic) bond motifs is 1. The van der Waals surface area contributed by atoms with Crippen LogP contribution in [0, 0.1) is 5.41 Å². The van der Waals surface area contributed by atoms with E-state index in [0.29, 0.717) is 0 Å². The molecule has 1 spiro atoms. The lowest BCUT2D eigenvalue weighted by Gasteiger charge is -2.44. The zero-order valence-electron chi connectivity index (χ0n) is 15.8. The van der Waals surface area contributed by atoms with Crippen molar-refractivity contribution < 1.29 is 4.79 Å². The van der Waals surface area contributed by atoms with E-state index in [4.69, 9.17) is 0 Å². The standard InChI is InChI=1S/C22H32N2O/c1-3-17-7-6-8-18-15-22(21(20(17)18)23-16(2)25)11-9-19(10-12-22)24-13-4-5-14-24/h6-8,19,21H,3-5,9-15H2,1-2H3,(H,23,25). The highest BCUT2D eigenvalue weighted by atomic mass is 16.1. The first-order valence-corrected chi connectivity index (χ1v) is 10.2. The fourth-order valence-electron chi connectivity index (χ4n) is 5.83. The maximum Gasteiger partial charge on any atom is 0.217 e. The Labute approximate surface area is 152 Å². The van der Waals surface area contributed by atoms with Crippen LogP contribution < -0.4 is 5.32 Å². The van der Waals surface area contributed by atoms with E-state index in [1.807, 2.05) is 0 Å². The lowest BCUT2D eigenvalue weighted by molar-refractivity contribution is -0.120. The Morgan fingerprint density at radius 2 is 1.96 bits per heavy atom. The molecule has 2 aliphatic carbocycles. The summed E-state index contributed by atoms with van der Waals surface area (Å²) in [4.78, 5) is 14.7. The van der Waals surface area contributed by atoms with Crippen molar-refractivity contribution in [2.75, 3.05) is 13.1 Å². The van der Waals surface area contributed by atoms with Crippen LogP contribution in [0.2, 0.25) is 0 Å². The Bertz CT molecular complexity index is 639. The summed E-state index contributed by atoms with van der Waals surface area (Å²) in [5.41, 5.74) is 4.60. The molecule has 4 rings (SSSR count). The molecule has 3 nitrogen and oxygen atoms in total. The molecule has 25 heavy (non-hydrogen) atoms. The monoisotopic (exact) mass is 340 g/mol. The number of amides is 1. The van der Waals surface area contributed by atoms with Gasteiger partial charge in [-0.2, -0.15) is 0 Å². The van der Waals surface area contributed by atoms with Gasteiger partial charge in [0.05, 0.1) is 6.04 Å². The predicted octanol–water partition coefficient (Wildman–Crippen LogP) is 4.01. The molecule has 1 saturated carbocycles. The first-order valence-electron chi connectivity index (χ1n) is 10.2. The second-order valence-corrected chi connectivity index (χ2v) is 8.49. The van der Waals surface area contributed by atoms with Gasteiger partial charge in [0, 0.05) is 13.0 Å². The molecule has 1 amide bonds. The molecule has 1 saturated heterocycles. The maximum atomic E-state index is 12.0. The van der Waals surface area contributed by atoms with Crippen LogP contribution in [0.4, 0.5) is 0 Å². The van der Waals surface area contributed by atoms with Crippen LogP contribution in [-0.2, 0) is 17.6 Å². The number of rotatable bonds is 3. The van der Waals surface area contributed by atoms with E-state index in [1.165, 1.54) is 68.3 Å².